The first kappa shape index (κ1) is 13.9. The Morgan fingerprint density at radius 3 is 2.79 bits per heavy atom. The van der Waals surface area contributed by atoms with Crippen LogP contribution in [0.5, 0.6) is 5.75 Å². The van der Waals surface area contributed by atoms with Gasteiger partial charge in [-0.3, -0.25) is 4.68 Å². The second kappa shape index (κ2) is 6.06. The summed E-state index contributed by atoms with van der Waals surface area (Å²) in [6, 6.07) is 4.06. The fraction of sp³-hybridized carbons (Fsp3) is 0.533. The van der Waals surface area contributed by atoms with Crippen LogP contribution in [0.1, 0.15) is 25.8 Å². The van der Waals surface area contributed by atoms with Crippen LogP contribution in [0.3, 0.4) is 0 Å². The molecule has 4 nitrogen and oxygen atoms in total. The van der Waals surface area contributed by atoms with Gasteiger partial charge < -0.3 is 9.47 Å². The maximum Gasteiger partial charge on any atom is 0.147 e. The topological polar surface area (TPSA) is 36.3 Å². The fourth-order valence-corrected chi connectivity index (χ4v) is 2.15. The Balaban J connectivity index is 2.19. The molecule has 0 saturated heterocycles. The van der Waals surface area contributed by atoms with E-state index in [0.29, 0.717) is 6.61 Å². The molecule has 2 rings (SSSR count). The number of aryl methyl sites for hydroxylation is 2. The summed E-state index contributed by atoms with van der Waals surface area (Å²) in [4.78, 5) is 0. The summed E-state index contributed by atoms with van der Waals surface area (Å²) < 4.78 is 13.3. The first-order valence-corrected chi connectivity index (χ1v) is 6.83. The van der Waals surface area contributed by atoms with E-state index in [0.717, 1.165) is 29.7 Å². The van der Waals surface area contributed by atoms with Gasteiger partial charge in [0.15, 0.2) is 0 Å². The normalized spacial score (nSPS) is 12.8. The molecular formula is C15H22N2O2. The van der Waals surface area contributed by atoms with E-state index in [4.69, 9.17) is 9.47 Å². The van der Waals surface area contributed by atoms with Gasteiger partial charge in [-0.2, -0.15) is 5.10 Å². The highest BCUT2D eigenvalue weighted by Gasteiger charge is 2.11. The van der Waals surface area contributed by atoms with Crippen molar-refractivity contribution in [3.8, 4) is 5.75 Å². The second-order valence-electron chi connectivity index (χ2n) is 4.74. The molecule has 0 spiro atoms. The Kier molecular flexibility index (Phi) is 4.43. The number of hydrogen-bond donors (Lipinski definition) is 0. The molecule has 1 aromatic carbocycles. The van der Waals surface area contributed by atoms with Crippen LogP contribution in [-0.4, -0.2) is 29.1 Å². The zero-order valence-electron chi connectivity index (χ0n) is 12.1. The van der Waals surface area contributed by atoms with Gasteiger partial charge in [0, 0.05) is 25.2 Å². The molecule has 104 valence electrons. The van der Waals surface area contributed by atoms with Crippen molar-refractivity contribution in [2.75, 3.05) is 13.2 Å². The van der Waals surface area contributed by atoms with E-state index in [1.54, 1.807) is 0 Å². The van der Waals surface area contributed by atoms with Crippen molar-refractivity contribution < 1.29 is 9.47 Å². The first-order chi connectivity index (χ1) is 9.15. The number of fused-ring (bicyclic) bond motifs is 1. The Morgan fingerprint density at radius 1 is 1.32 bits per heavy atom. The average molecular weight is 262 g/mol. The van der Waals surface area contributed by atoms with E-state index in [-0.39, 0.29) is 6.10 Å². The molecule has 1 aromatic heterocycles. The number of hydrogen-bond acceptors (Lipinski definition) is 3. The van der Waals surface area contributed by atoms with Gasteiger partial charge in [0.25, 0.3) is 0 Å². The lowest BCUT2D eigenvalue weighted by Gasteiger charge is -2.16. The fourth-order valence-electron chi connectivity index (χ4n) is 2.15. The molecule has 19 heavy (non-hydrogen) atoms. The van der Waals surface area contributed by atoms with Crippen LogP contribution >= 0.6 is 0 Å². The summed E-state index contributed by atoms with van der Waals surface area (Å²) in [6.45, 7) is 7.48. The quantitative estimate of drug-likeness (QED) is 0.802. The SMILES string of the molecule is CCOC(CC)COc1ccc(C)c2cn(C)nc12. The molecule has 0 fully saturated rings. The zero-order chi connectivity index (χ0) is 13.8. The lowest BCUT2D eigenvalue weighted by Crippen LogP contribution is -2.20. The van der Waals surface area contributed by atoms with Crippen LogP contribution in [0.15, 0.2) is 18.3 Å². The number of ether oxygens (including phenoxy) is 2. The molecule has 0 aliphatic rings. The van der Waals surface area contributed by atoms with Gasteiger partial charge in [0.1, 0.15) is 17.9 Å². The van der Waals surface area contributed by atoms with Crippen molar-refractivity contribution in [3.05, 3.63) is 23.9 Å². The smallest absolute Gasteiger partial charge is 0.147 e. The van der Waals surface area contributed by atoms with E-state index >= 15 is 0 Å². The van der Waals surface area contributed by atoms with Crippen LogP contribution in [0.2, 0.25) is 0 Å². The molecule has 0 amide bonds. The van der Waals surface area contributed by atoms with Crippen molar-refractivity contribution in [1.29, 1.82) is 0 Å². The second-order valence-corrected chi connectivity index (χ2v) is 4.74. The number of nitrogens with zero attached hydrogens (tertiary/aromatic N) is 2. The van der Waals surface area contributed by atoms with Gasteiger partial charge in [-0.15, -0.1) is 0 Å². The molecule has 1 unspecified atom stereocenters. The molecule has 0 saturated carbocycles. The molecule has 2 aromatic rings. The third-order valence-electron chi connectivity index (χ3n) is 3.25. The van der Waals surface area contributed by atoms with Crippen molar-refractivity contribution in [3.63, 3.8) is 0 Å². The van der Waals surface area contributed by atoms with E-state index in [2.05, 4.69) is 25.0 Å². The summed E-state index contributed by atoms with van der Waals surface area (Å²) in [7, 11) is 1.93. The maximum atomic E-state index is 5.89. The van der Waals surface area contributed by atoms with Gasteiger partial charge in [-0.25, -0.2) is 0 Å². The Morgan fingerprint density at radius 2 is 2.11 bits per heavy atom. The van der Waals surface area contributed by atoms with Gasteiger partial charge in [-0.05, 0) is 31.9 Å². The van der Waals surface area contributed by atoms with E-state index < -0.39 is 0 Å². The molecule has 1 atom stereocenters. The third-order valence-corrected chi connectivity index (χ3v) is 3.25. The average Bonchev–Trinajstić information content (AvgIpc) is 2.79. The van der Waals surface area contributed by atoms with Gasteiger partial charge in [0.05, 0.1) is 6.10 Å². The van der Waals surface area contributed by atoms with Crippen molar-refractivity contribution in [2.24, 2.45) is 7.05 Å². The zero-order valence-corrected chi connectivity index (χ0v) is 12.1. The minimum atomic E-state index is 0.144. The standard InChI is InChI=1S/C15H22N2O2/c1-5-12(18-6-2)10-19-14-8-7-11(3)13-9-17(4)16-15(13)14/h7-9,12H,5-6,10H2,1-4H3. The lowest BCUT2D eigenvalue weighted by atomic mass is 10.1. The monoisotopic (exact) mass is 262 g/mol. The van der Waals surface area contributed by atoms with Crippen LogP contribution in [-0.2, 0) is 11.8 Å². The van der Waals surface area contributed by atoms with Crippen LogP contribution in [0.4, 0.5) is 0 Å². The Hall–Kier alpha value is -1.55. The number of benzene rings is 1. The minimum Gasteiger partial charge on any atom is -0.489 e. The molecule has 0 bridgehead atoms. The first-order valence-electron chi connectivity index (χ1n) is 6.83. The van der Waals surface area contributed by atoms with Crippen LogP contribution in [0.25, 0.3) is 10.9 Å². The number of aromatic nitrogens is 2. The van der Waals surface area contributed by atoms with Gasteiger partial charge in [0.2, 0.25) is 0 Å². The highest BCUT2D eigenvalue weighted by atomic mass is 16.5. The lowest BCUT2D eigenvalue weighted by molar-refractivity contribution is 0.0259. The summed E-state index contributed by atoms with van der Waals surface area (Å²) in [5.41, 5.74) is 2.14. The number of rotatable bonds is 6. The summed E-state index contributed by atoms with van der Waals surface area (Å²) in [5.74, 6) is 0.833. The molecule has 0 N–H and O–H groups in total. The molecule has 1 heterocycles. The van der Waals surface area contributed by atoms with E-state index in [1.807, 2.05) is 30.9 Å². The summed E-state index contributed by atoms with van der Waals surface area (Å²) >= 11 is 0. The summed E-state index contributed by atoms with van der Waals surface area (Å²) in [6.07, 6.45) is 3.12. The van der Waals surface area contributed by atoms with Crippen molar-refractivity contribution >= 4 is 10.9 Å². The molecule has 0 radical (unpaired) electrons. The van der Waals surface area contributed by atoms with Crippen molar-refractivity contribution in [2.45, 2.75) is 33.3 Å². The van der Waals surface area contributed by atoms with Crippen molar-refractivity contribution in [1.82, 2.24) is 9.78 Å². The molecular weight excluding hydrogens is 240 g/mol. The van der Waals surface area contributed by atoms with Gasteiger partial charge >= 0.3 is 0 Å². The van der Waals surface area contributed by atoms with Gasteiger partial charge in [-0.1, -0.05) is 13.0 Å². The van der Waals surface area contributed by atoms with Crippen LogP contribution in [0, 0.1) is 6.92 Å². The Bertz CT molecular complexity index is 548. The molecule has 0 aliphatic carbocycles. The molecule has 4 heteroatoms. The Labute approximate surface area is 114 Å². The maximum absolute atomic E-state index is 5.89. The predicted molar refractivity (Wildman–Crippen MR) is 76.7 cm³/mol. The molecule has 0 aliphatic heterocycles. The van der Waals surface area contributed by atoms with E-state index in [1.165, 1.54) is 5.56 Å². The minimum absolute atomic E-state index is 0.144. The predicted octanol–water partition coefficient (Wildman–Crippen LogP) is 3.08. The highest BCUT2D eigenvalue weighted by Crippen LogP contribution is 2.27. The largest absolute Gasteiger partial charge is 0.489 e. The summed E-state index contributed by atoms with van der Waals surface area (Å²) in [5, 5.41) is 5.62. The third kappa shape index (κ3) is 3.07. The van der Waals surface area contributed by atoms with E-state index in [9.17, 15) is 0 Å². The highest BCUT2D eigenvalue weighted by molar-refractivity contribution is 5.87. The van der Waals surface area contributed by atoms with Crippen LogP contribution < -0.4 is 4.74 Å².